The zero-order valence-corrected chi connectivity index (χ0v) is 13.7. The largest absolute Gasteiger partial charge is 0.481 e. The van der Waals surface area contributed by atoms with E-state index in [0.717, 1.165) is 0 Å². The number of halogens is 1. The number of carbonyl (C=O) groups excluding carboxylic acids is 2. The summed E-state index contributed by atoms with van der Waals surface area (Å²) in [6.45, 7) is 3.10. The van der Waals surface area contributed by atoms with Gasteiger partial charge in [-0.1, -0.05) is 23.7 Å². The summed E-state index contributed by atoms with van der Waals surface area (Å²) in [6, 6.07) is 9.84. The van der Waals surface area contributed by atoms with Gasteiger partial charge in [0, 0.05) is 12.6 Å². The molecule has 1 unspecified atom stereocenters. The van der Waals surface area contributed by atoms with Gasteiger partial charge in [-0.2, -0.15) is 0 Å². The lowest BCUT2D eigenvalue weighted by Gasteiger charge is -2.21. The van der Waals surface area contributed by atoms with Crippen LogP contribution in [0.2, 0.25) is 5.15 Å². The molecule has 0 spiro atoms. The van der Waals surface area contributed by atoms with Crippen LogP contribution in [-0.2, 0) is 4.79 Å². The van der Waals surface area contributed by atoms with Crippen molar-refractivity contribution >= 4 is 29.1 Å². The van der Waals surface area contributed by atoms with E-state index in [0.29, 0.717) is 17.1 Å². The number of rotatable bonds is 5. The lowest BCUT2D eigenvalue weighted by Crippen LogP contribution is -2.38. The molecule has 6 nitrogen and oxygen atoms in total. The number of likely N-dealkylation sites (N-methyl/N-ethyl adjacent to an activating group) is 1. The fraction of sp³-hybridized carbons (Fsp3) is 0.250. The van der Waals surface area contributed by atoms with Crippen LogP contribution in [0.25, 0.3) is 0 Å². The predicted octanol–water partition coefficient (Wildman–Crippen LogP) is 2.76. The van der Waals surface area contributed by atoms with E-state index in [1.54, 1.807) is 50.4 Å². The van der Waals surface area contributed by atoms with E-state index in [-0.39, 0.29) is 16.8 Å². The molecule has 0 radical (unpaired) electrons. The monoisotopic (exact) mass is 333 g/mol. The van der Waals surface area contributed by atoms with E-state index < -0.39 is 6.10 Å². The molecule has 0 aliphatic rings. The number of nitrogens with zero attached hydrogens (tertiary/aromatic N) is 3. The van der Waals surface area contributed by atoms with Crippen LogP contribution in [0.5, 0.6) is 5.75 Å². The molecule has 0 saturated carbocycles. The molecule has 7 heteroatoms. The summed E-state index contributed by atoms with van der Waals surface area (Å²) in [5.74, 6) is 0.458. The summed E-state index contributed by atoms with van der Waals surface area (Å²) in [5, 5.41) is 7.80. The molecule has 1 amide bonds. The quantitative estimate of drug-likeness (QED) is 0.787. The first-order chi connectivity index (χ1) is 10.9. The van der Waals surface area contributed by atoms with Crippen LogP contribution in [0.15, 0.2) is 36.4 Å². The molecule has 0 saturated heterocycles. The zero-order chi connectivity index (χ0) is 17.0. The average Bonchev–Trinajstić information content (AvgIpc) is 2.54. The van der Waals surface area contributed by atoms with E-state index in [4.69, 9.17) is 16.3 Å². The topological polar surface area (TPSA) is 72.4 Å². The van der Waals surface area contributed by atoms with Crippen molar-refractivity contribution in [2.24, 2.45) is 0 Å². The van der Waals surface area contributed by atoms with Crippen molar-refractivity contribution in [3.63, 3.8) is 0 Å². The summed E-state index contributed by atoms with van der Waals surface area (Å²) in [7, 11) is 1.58. The minimum atomic E-state index is -0.750. The van der Waals surface area contributed by atoms with Gasteiger partial charge in [-0.3, -0.25) is 14.5 Å². The predicted molar refractivity (Wildman–Crippen MR) is 87.0 cm³/mol. The van der Waals surface area contributed by atoms with Crippen LogP contribution in [0, 0.1) is 0 Å². The molecule has 120 valence electrons. The van der Waals surface area contributed by atoms with Gasteiger partial charge in [0.1, 0.15) is 5.75 Å². The Morgan fingerprint density at radius 3 is 2.57 bits per heavy atom. The number of benzene rings is 1. The van der Waals surface area contributed by atoms with Gasteiger partial charge in [0.15, 0.2) is 22.9 Å². The first-order valence-electron chi connectivity index (χ1n) is 6.93. The molecule has 0 fully saturated rings. The number of anilines is 1. The van der Waals surface area contributed by atoms with Gasteiger partial charge in [0.2, 0.25) is 0 Å². The first kappa shape index (κ1) is 16.9. The molecular weight excluding hydrogens is 318 g/mol. The normalized spacial score (nSPS) is 11.7. The number of ether oxygens (including phenoxy) is 1. The maximum absolute atomic E-state index is 12.4. The molecule has 1 aromatic heterocycles. The van der Waals surface area contributed by atoms with E-state index in [1.165, 1.54) is 11.8 Å². The highest BCUT2D eigenvalue weighted by Crippen LogP contribution is 2.17. The second kappa shape index (κ2) is 7.19. The van der Waals surface area contributed by atoms with Crippen molar-refractivity contribution in [1.82, 2.24) is 10.2 Å². The van der Waals surface area contributed by atoms with Crippen molar-refractivity contribution in [1.29, 1.82) is 0 Å². The summed E-state index contributed by atoms with van der Waals surface area (Å²) in [6.07, 6.45) is -0.750. The zero-order valence-electron chi connectivity index (χ0n) is 13.0. The Kier molecular flexibility index (Phi) is 5.28. The van der Waals surface area contributed by atoms with Gasteiger partial charge in [0.05, 0.1) is 0 Å². The molecule has 0 aliphatic carbocycles. The van der Waals surface area contributed by atoms with Gasteiger partial charge in [-0.25, -0.2) is 0 Å². The summed E-state index contributed by atoms with van der Waals surface area (Å²) in [4.78, 5) is 25.1. The molecule has 1 heterocycles. The molecule has 0 aliphatic heterocycles. The number of amides is 1. The van der Waals surface area contributed by atoms with Crippen molar-refractivity contribution in [2.75, 3.05) is 11.9 Å². The van der Waals surface area contributed by atoms with E-state index >= 15 is 0 Å². The standard InChI is InChI=1S/C16H16ClN3O3/c1-10(21)12-5-4-6-13(9-12)23-11(2)16(22)20(3)15-8-7-14(17)18-19-15/h4-9,11H,1-3H3. The van der Waals surface area contributed by atoms with Crippen LogP contribution >= 0.6 is 11.6 Å². The second-order valence-electron chi connectivity index (χ2n) is 4.96. The smallest absolute Gasteiger partial charge is 0.268 e. The number of aromatic nitrogens is 2. The Morgan fingerprint density at radius 2 is 1.96 bits per heavy atom. The van der Waals surface area contributed by atoms with E-state index in [2.05, 4.69) is 10.2 Å². The van der Waals surface area contributed by atoms with Gasteiger partial charge in [-0.05, 0) is 38.1 Å². The Balaban J connectivity index is 2.09. The lowest BCUT2D eigenvalue weighted by molar-refractivity contribution is -0.124. The Bertz CT molecular complexity index is 719. The molecule has 1 atom stereocenters. The third-order valence-corrected chi connectivity index (χ3v) is 3.39. The second-order valence-corrected chi connectivity index (χ2v) is 5.34. The highest BCUT2D eigenvalue weighted by atomic mass is 35.5. The summed E-state index contributed by atoms with van der Waals surface area (Å²) in [5.41, 5.74) is 0.527. The summed E-state index contributed by atoms with van der Waals surface area (Å²) < 4.78 is 5.62. The molecule has 0 N–H and O–H groups in total. The average molecular weight is 334 g/mol. The first-order valence-corrected chi connectivity index (χ1v) is 7.30. The maximum atomic E-state index is 12.4. The maximum Gasteiger partial charge on any atom is 0.268 e. The Hall–Kier alpha value is -2.47. The highest BCUT2D eigenvalue weighted by molar-refractivity contribution is 6.29. The summed E-state index contributed by atoms with van der Waals surface area (Å²) >= 11 is 5.68. The van der Waals surface area contributed by atoms with Crippen LogP contribution in [0.3, 0.4) is 0 Å². The van der Waals surface area contributed by atoms with Crippen molar-refractivity contribution in [3.8, 4) is 5.75 Å². The Morgan fingerprint density at radius 1 is 1.22 bits per heavy atom. The molecule has 2 rings (SSSR count). The van der Waals surface area contributed by atoms with Crippen LogP contribution in [-0.4, -0.2) is 35.0 Å². The fourth-order valence-electron chi connectivity index (χ4n) is 1.92. The van der Waals surface area contributed by atoms with Gasteiger partial charge in [0.25, 0.3) is 5.91 Å². The van der Waals surface area contributed by atoms with Crippen molar-refractivity contribution < 1.29 is 14.3 Å². The number of hydrogen-bond acceptors (Lipinski definition) is 5. The number of hydrogen-bond donors (Lipinski definition) is 0. The molecule has 2 aromatic rings. The third-order valence-electron chi connectivity index (χ3n) is 3.19. The number of carbonyl (C=O) groups is 2. The minimum absolute atomic E-state index is 0.0667. The minimum Gasteiger partial charge on any atom is -0.481 e. The van der Waals surface area contributed by atoms with Crippen LogP contribution < -0.4 is 9.64 Å². The molecule has 23 heavy (non-hydrogen) atoms. The van der Waals surface area contributed by atoms with E-state index in [1.807, 2.05) is 0 Å². The van der Waals surface area contributed by atoms with Gasteiger partial charge >= 0.3 is 0 Å². The molecule has 0 bridgehead atoms. The van der Waals surface area contributed by atoms with Gasteiger partial charge < -0.3 is 4.74 Å². The van der Waals surface area contributed by atoms with Crippen molar-refractivity contribution in [2.45, 2.75) is 20.0 Å². The van der Waals surface area contributed by atoms with Gasteiger partial charge in [-0.15, -0.1) is 10.2 Å². The highest BCUT2D eigenvalue weighted by Gasteiger charge is 2.21. The van der Waals surface area contributed by atoms with Crippen LogP contribution in [0.1, 0.15) is 24.2 Å². The lowest BCUT2D eigenvalue weighted by atomic mass is 10.1. The van der Waals surface area contributed by atoms with Crippen molar-refractivity contribution in [3.05, 3.63) is 47.1 Å². The molecule has 1 aromatic carbocycles. The third kappa shape index (κ3) is 4.26. The Labute approximate surface area is 139 Å². The van der Waals surface area contributed by atoms with E-state index in [9.17, 15) is 9.59 Å². The van der Waals surface area contributed by atoms with Crippen LogP contribution in [0.4, 0.5) is 5.82 Å². The number of Topliss-reactive ketones (excluding diaryl/α,β-unsaturated/α-hetero) is 1. The molecular formula is C16H16ClN3O3. The fourth-order valence-corrected chi connectivity index (χ4v) is 2.02. The SMILES string of the molecule is CC(=O)c1cccc(OC(C)C(=O)N(C)c2ccc(Cl)nn2)c1. The number of ketones is 1.